The first kappa shape index (κ1) is 29.4. The molecule has 0 unspecified atom stereocenters. The maximum absolute atomic E-state index is 12.7. The van der Waals surface area contributed by atoms with Gasteiger partial charge in [-0.25, -0.2) is 0 Å². The second-order valence-electron chi connectivity index (χ2n) is 10.1. The van der Waals surface area contributed by atoms with Gasteiger partial charge < -0.3 is 9.84 Å². The minimum atomic E-state index is -0.920. The molecular formula is C29H49NO3. The van der Waals surface area contributed by atoms with Crippen LogP contribution in [0.15, 0.2) is 42.5 Å². The second-order valence-corrected chi connectivity index (χ2v) is 10.1. The molecule has 0 aliphatic rings. The molecule has 1 aromatic rings. The van der Waals surface area contributed by atoms with Gasteiger partial charge in [0, 0.05) is 6.54 Å². The molecular weight excluding hydrogens is 410 g/mol. The molecule has 0 heterocycles. The molecule has 0 aliphatic heterocycles. The Balaban J connectivity index is 2.32. The summed E-state index contributed by atoms with van der Waals surface area (Å²) >= 11 is 0. The van der Waals surface area contributed by atoms with E-state index in [4.69, 9.17) is 4.74 Å². The Morgan fingerprint density at radius 2 is 1.48 bits per heavy atom. The summed E-state index contributed by atoms with van der Waals surface area (Å²) < 4.78 is 5.53. The lowest BCUT2D eigenvalue weighted by Crippen LogP contribution is -2.47. The standard InChI is InChI=1S/C29H49NO3/c1-5-6-7-8-9-10-11-12-13-14-15-16-20-23-26(31)27(28(32)33-29(2,3)4)30-24-25-21-18-17-19-22-25/h17-23,26-27,30-31H,5-16,24H2,1-4H3/b23-20+/t26-,27-/m1/s1. The zero-order valence-electron chi connectivity index (χ0n) is 21.7. The minimum Gasteiger partial charge on any atom is -0.459 e. The smallest absolute Gasteiger partial charge is 0.326 e. The maximum Gasteiger partial charge on any atom is 0.326 e. The lowest BCUT2D eigenvalue weighted by atomic mass is 10.0. The van der Waals surface area contributed by atoms with Crippen molar-refractivity contribution in [2.24, 2.45) is 0 Å². The molecule has 0 fully saturated rings. The number of rotatable bonds is 18. The Labute approximate surface area is 203 Å². The SMILES string of the molecule is CCCCCCCCCCCCC/C=C/[C@@H](O)[C@@H](NCc1ccccc1)C(=O)OC(C)(C)C. The number of hydrogen-bond donors (Lipinski definition) is 2. The largest absolute Gasteiger partial charge is 0.459 e. The van der Waals surface area contributed by atoms with E-state index in [0.717, 1.165) is 18.4 Å². The van der Waals surface area contributed by atoms with Crippen molar-refractivity contribution in [2.45, 2.75) is 129 Å². The van der Waals surface area contributed by atoms with Crippen molar-refractivity contribution in [3.63, 3.8) is 0 Å². The average Bonchev–Trinajstić information content (AvgIpc) is 2.76. The number of aliphatic hydroxyl groups excluding tert-OH is 1. The van der Waals surface area contributed by atoms with Crippen molar-refractivity contribution in [2.75, 3.05) is 0 Å². The monoisotopic (exact) mass is 459 g/mol. The van der Waals surface area contributed by atoms with E-state index in [0.29, 0.717) is 6.54 Å². The maximum atomic E-state index is 12.7. The van der Waals surface area contributed by atoms with Crippen molar-refractivity contribution in [1.29, 1.82) is 0 Å². The highest BCUT2D eigenvalue weighted by atomic mass is 16.6. The highest BCUT2D eigenvalue weighted by Crippen LogP contribution is 2.14. The van der Waals surface area contributed by atoms with Gasteiger partial charge in [-0.1, -0.05) is 114 Å². The molecule has 2 N–H and O–H groups in total. The van der Waals surface area contributed by atoms with Crippen LogP contribution >= 0.6 is 0 Å². The Morgan fingerprint density at radius 3 is 2.03 bits per heavy atom. The summed E-state index contributed by atoms with van der Waals surface area (Å²) in [5.41, 5.74) is 0.464. The van der Waals surface area contributed by atoms with Crippen LogP contribution in [0.3, 0.4) is 0 Å². The zero-order chi connectivity index (χ0) is 24.4. The van der Waals surface area contributed by atoms with Crippen LogP contribution in [0.5, 0.6) is 0 Å². The summed E-state index contributed by atoms with van der Waals surface area (Å²) in [6, 6.07) is 9.08. The van der Waals surface area contributed by atoms with Crippen molar-refractivity contribution in [3.05, 3.63) is 48.0 Å². The Hall–Kier alpha value is -1.65. The molecule has 1 rings (SSSR count). The van der Waals surface area contributed by atoms with Gasteiger partial charge in [0.1, 0.15) is 11.6 Å². The summed E-state index contributed by atoms with van der Waals surface area (Å²) in [6.45, 7) is 8.28. The summed E-state index contributed by atoms with van der Waals surface area (Å²) in [5.74, 6) is -0.426. The van der Waals surface area contributed by atoms with Crippen LogP contribution in [0.1, 0.15) is 110 Å². The van der Waals surface area contributed by atoms with Crippen molar-refractivity contribution < 1.29 is 14.6 Å². The van der Waals surface area contributed by atoms with Gasteiger partial charge in [-0.05, 0) is 39.2 Å². The van der Waals surface area contributed by atoms with Crippen molar-refractivity contribution in [1.82, 2.24) is 5.32 Å². The van der Waals surface area contributed by atoms with E-state index < -0.39 is 23.7 Å². The van der Waals surface area contributed by atoms with E-state index in [1.807, 2.05) is 57.2 Å². The number of carbonyl (C=O) groups is 1. The lowest BCUT2D eigenvalue weighted by molar-refractivity contribution is -0.159. The number of ether oxygens (including phenoxy) is 1. The number of benzene rings is 1. The van der Waals surface area contributed by atoms with Gasteiger partial charge in [0.05, 0.1) is 6.10 Å². The molecule has 0 saturated heterocycles. The van der Waals surface area contributed by atoms with Gasteiger partial charge in [0.15, 0.2) is 0 Å². The summed E-state index contributed by atoms with van der Waals surface area (Å²) in [4.78, 5) is 12.7. The van der Waals surface area contributed by atoms with E-state index in [9.17, 15) is 9.90 Å². The molecule has 0 aliphatic carbocycles. The first-order chi connectivity index (χ1) is 15.8. The average molecular weight is 460 g/mol. The fourth-order valence-electron chi connectivity index (χ4n) is 3.81. The van der Waals surface area contributed by atoms with E-state index in [1.54, 1.807) is 6.08 Å². The van der Waals surface area contributed by atoms with Crippen LogP contribution in [0.4, 0.5) is 0 Å². The number of allylic oxidation sites excluding steroid dienone is 1. The van der Waals surface area contributed by atoms with Gasteiger partial charge in [0.2, 0.25) is 0 Å². The fraction of sp³-hybridized carbons (Fsp3) is 0.690. The summed E-state index contributed by atoms with van der Waals surface area (Å²) in [7, 11) is 0. The number of nitrogens with one attached hydrogen (secondary N) is 1. The third-order valence-electron chi connectivity index (χ3n) is 5.68. The minimum absolute atomic E-state index is 0.426. The molecule has 33 heavy (non-hydrogen) atoms. The molecule has 1 aromatic carbocycles. The molecule has 0 amide bonds. The third kappa shape index (κ3) is 15.8. The first-order valence-electron chi connectivity index (χ1n) is 13.2. The van der Waals surface area contributed by atoms with E-state index in [-0.39, 0.29) is 0 Å². The van der Waals surface area contributed by atoms with Crippen LogP contribution in [0.2, 0.25) is 0 Å². The molecule has 4 nitrogen and oxygen atoms in total. The quantitative estimate of drug-likeness (QED) is 0.140. The van der Waals surface area contributed by atoms with E-state index >= 15 is 0 Å². The highest BCUT2D eigenvalue weighted by Gasteiger charge is 2.29. The van der Waals surface area contributed by atoms with E-state index in [2.05, 4.69) is 12.2 Å². The lowest BCUT2D eigenvalue weighted by Gasteiger charge is -2.26. The predicted molar refractivity (Wildman–Crippen MR) is 139 cm³/mol. The van der Waals surface area contributed by atoms with E-state index in [1.165, 1.54) is 64.2 Å². The van der Waals surface area contributed by atoms with Gasteiger partial charge in [0.25, 0.3) is 0 Å². The number of unbranched alkanes of at least 4 members (excludes halogenated alkanes) is 11. The number of aliphatic hydroxyl groups is 1. The van der Waals surface area contributed by atoms with Crippen molar-refractivity contribution in [3.8, 4) is 0 Å². The number of hydrogen-bond acceptors (Lipinski definition) is 4. The number of esters is 1. The Kier molecular flexibility index (Phi) is 15.8. The Bertz CT molecular complexity index is 636. The van der Waals surface area contributed by atoms with Gasteiger partial charge in [-0.2, -0.15) is 0 Å². The summed E-state index contributed by atoms with van der Waals surface area (Å²) in [6.07, 6.45) is 18.3. The first-order valence-corrected chi connectivity index (χ1v) is 13.2. The normalized spacial score (nSPS) is 13.8. The summed E-state index contributed by atoms with van der Waals surface area (Å²) in [5, 5.41) is 13.9. The molecule has 0 bridgehead atoms. The molecule has 2 atom stereocenters. The molecule has 0 aromatic heterocycles. The van der Waals surface area contributed by atoms with Crippen LogP contribution in [0, 0.1) is 0 Å². The van der Waals surface area contributed by atoms with Gasteiger partial charge in [-0.3, -0.25) is 10.1 Å². The molecule has 0 spiro atoms. The fourth-order valence-corrected chi connectivity index (χ4v) is 3.81. The van der Waals surface area contributed by atoms with Crippen LogP contribution < -0.4 is 5.32 Å². The molecule has 0 saturated carbocycles. The predicted octanol–water partition coefficient (Wildman–Crippen LogP) is 7.10. The topological polar surface area (TPSA) is 58.6 Å². The van der Waals surface area contributed by atoms with Crippen LogP contribution in [-0.4, -0.2) is 28.8 Å². The third-order valence-corrected chi connectivity index (χ3v) is 5.68. The molecule has 188 valence electrons. The van der Waals surface area contributed by atoms with Crippen LogP contribution in [0.25, 0.3) is 0 Å². The second kappa shape index (κ2) is 17.8. The van der Waals surface area contributed by atoms with Crippen LogP contribution in [-0.2, 0) is 16.1 Å². The molecule has 4 heteroatoms. The van der Waals surface area contributed by atoms with Gasteiger partial charge >= 0.3 is 5.97 Å². The van der Waals surface area contributed by atoms with Gasteiger partial charge in [-0.15, -0.1) is 0 Å². The highest BCUT2D eigenvalue weighted by molar-refractivity contribution is 5.77. The molecule has 0 radical (unpaired) electrons. The zero-order valence-corrected chi connectivity index (χ0v) is 21.7. The Morgan fingerprint density at radius 1 is 0.939 bits per heavy atom. The number of carbonyl (C=O) groups excluding carboxylic acids is 1. The van der Waals surface area contributed by atoms with Crippen molar-refractivity contribution >= 4 is 5.97 Å².